The molecule has 0 spiro atoms. The Hall–Kier alpha value is -0.400. The number of rotatable bonds is 5. The smallest absolute Gasteiger partial charge is 0.244 e. The van der Waals surface area contributed by atoms with Gasteiger partial charge in [0.2, 0.25) is 10.0 Å². The van der Waals surface area contributed by atoms with E-state index in [2.05, 4.69) is 30.8 Å². The molecule has 0 bridgehead atoms. The molecule has 1 aromatic heterocycles. The molecule has 1 heterocycles. The third-order valence-electron chi connectivity index (χ3n) is 2.79. The zero-order valence-corrected chi connectivity index (χ0v) is 12.9. The van der Waals surface area contributed by atoms with Gasteiger partial charge < -0.3 is 0 Å². The van der Waals surface area contributed by atoms with Gasteiger partial charge in [-0.05, 0) is 27.2 Å². The quantitative estimate of drug-likeness (QED) is 0.812. The van der Waals surface area contributed by atoms with Gasteiger partial charge in [0.05, 0.1) is 11.4 Å². The zero-order valence-electron chi connectivity index (χ0n) is 10.5. The molecular weight excluding hydrogens is 306 g/mol. The fourth-order valence-corrected chi connectivity index (χ4v) is 4.08. The summed E-state index contributed by atoms with van der Waals surface area (Å²) in [5.74, 6) is 0. The van der Waals surface area contributed by atoms with Gasteiger partial charge in [0, 0.05) is 10.9 Å². The van der Waals surface area contributed by atoms with E-state index in [9.17, 15) is 8.42 Å². The summed E-state index contributed by atoms with van der Waals surface area (Å²) in [5, 5.41) is 7.15. The van der Waals surface area contributed by atoms with Crippen molar-refractivity contribution < 1.29 is 8.42 Å². The second-order valence-corrected chi connectivity index (χ2v) is 6.60. The first kappa shape index (κ1) is 14.7. The highest BCUT2D eigenvalue weighted by Crippen LogP contribution is 2.21. The third-order valence-corrected chi connectivity index (χ3v) is 5.92. The summed E-state index contributed by atoms with van der Waals surface area (Å²) in [6.07, 6.45) is 0.702. The lowest BCUT2D eigenvalue weighted by atomic mass is 10.0. The van der Waals surface area contributed by atoms with Crippen LogP contribution in [-0.2, 0) is 10.0 Å². The van der Waals surface area contributed by atoms with Crippen LogP contribution in [0.1, 0.15) is 31.7 Å². The van der Waals surface area contributed by atoms with Gasteiger partial charge in [0.25, 0.3) is 0 Å². The monoisotopic (exact) mass is 323 g/mol. The highest BCUT2D eigenvalue weighted by atomic mass is 79.9. The van der Waals surface area contributed by atoms with Crippen molar-refractivity contribution in [1.29, 1.82) is 0 Å². The van der Waals surface area contributed by atoms with Gasteiger partial charge in [0.1, 0.15) is 4.90 Å². The van der Waals surface area contributed by atoms with Gasteiger partial charge in [-0.15, -0.1) is 0 Å². The Morgan fingerprint density at radius 3 is 2.41 bits per heavy atom. The van der Waals surface area contributed by atoms with Crippen molar-refractivity contribution in [2.45, 2.75) is 44.6 Å². The summed E-state index contributed by atoms with van der Waals surface area (Å²) in [5.41, 5.74) is 0.556. The Kier molecular flexibility index (Phi) is 4.38. The van der Waals surface area contributed by atoms with E-state index in [0.717, 1.165) is 0 Å². The Morgan fingerprint density at radius 1 is 1.47 bits per heavy atom. The lowest BCUT2D eigenvalue weighted by Gasteiger charge is -2.26. The van der Waals surface area contributed by atoms with Crippen LogP contribution in [0, 0.1) is 13.8 Å². The zero-order chi connectivity index (χ0) is 13.3. The van der Waals surface area contributed by atoms with Crippen LogP contribution in [0.25, 0.3) is 0 Å². The number of hydrogen-bond acceptors (Lipinski definition) is 3. The molecule has 0 aromatic carbocycles. The van der Waals surface area contributed by atoms with E-state index >= 15 is 0 Å². The maximum atomic E-state index is 12.3. The Balaban J connectivity index is 3.14. The number of aryl methyl sites for hydroxylation is 2. The van der Waals surface area contributed by atoms with Gasteiger partial charge in [0.15, 0.2) is 0 Å². The average Bonchev–Trinajstić information content (AvgIpc) is 2.58. The predicted octanol–water partition coefficient (Wildman–Crippen LogP) is 1.87. The lowest BCUT2D eigenvalue weighted by molar-refractivity contribution is 0.449. The fourth-order valence-electron chi connectivity index (χ4n) is 1.51. The molecular formula is C10H18BrN3O2S. The average molecular weight is 324 g/mol. The van der Waals surface area contributed by atoms with Gasteiger partial charge in [-0.25, -0.2) is 13.1 Å². The Bertz CT molecular complexity index is 472. The van der Waals surface area contributed by atoms with Crippen molar-refractivity contribution in [3.63, 3.8) is 0 Å². The minimum Gasteiger partial charge on any atom is -0.281 e. The molecule has 0 saturated heterocycles. The molecule has 1 aromatic rings. The SMILES string of the molecule is CCC(C)(CBr)NS(=O)(=O)c1c(C)n[nH]c1C. The first-order valence-corrected chi connectivity index (χ1v) is 7.97. The van der Waals surface area contributed by atoms with Crippen LogP contribution in [0.2, 0.25) is 0 Å². The number of nitrogens with zero attached hydrogens (tertiary/aromatic N) is 1. The molecule has 0 fully saturated rings. The highest BCUT2D eigenvalue weighted by molar-refractivity contribution is 9.09. The second kappa shape index (κ2) is 5.07. The molecule has 0 amide bonds. The van der Waals surface area contributed by atoms with Gasteiger partial charge in [-0.1, -0.05) is 22.9 Å². The molecule has 0 aliphatic carbocycles. The van der Waals surface area contributed by atoms with Crippen LogP contribution in [-0.4, -0.2) is 29.5 Å². The molecule has 7 heteroatoms. The van der Waals surface area contributed by atoms with Crippen LogP contribution in [0.4, 0.5) is 0 Å². The molecule has 0 aliphatic heterocycles. The van der Waals surface area contributed by atoms with Crippen molar-refractivity contribution in [2.24, 2.45) is 0 Å². The standard InChI is InChI=1S/C10H18BrN3O2S/c1-5-10(4,6-11)14-17(15,16)9-7(2)12-13-8(9)3/h14H,5-6H2,1-4H3,(H,12,13). The second-order valence-electron chi connectivity index (χ2n) is 4.42. The molecule has 5 nitrogen and oxygen atoms in total. The van der Waals surface area contributed by atoms with Gasteiger partial charge >= 0.3 is 0 Å². The number of hydrogen-bond donors (Lipinski definition) is 2. The first-order valence-electron chi connectivity index (χ1n) is 5.37. The van der Waals surface area contributed by atoms with E-state index in [1.54, 1.807) is 13.8 Å². The summed E-state index contributed by atoms with van der Waals surface area (Å²) in [4.78, 5) is 0.248. The number of halogens is 1. The van der Waals surface area contributed by atoms with Crippen LogP contribution < -0.4 is 4.72 Å². The summed E-state index contributed by atoms with van der Waals surface area (Å²) in [7, 11) is -3.53. The van der Waals surface area contributed by atoms with Crippen LogP contribution in [0.3, 0.4) is 0 Å². The van der Waals surface area contributed by atoms with Gasteiger partial charge in [-0.2, -0.15) is 5.10 Å². The number of aromatic nitrogens is 2. The minimum atomic E-state index is -3.53. The normalized spacial score (nSPS) is 15.8. The van der Waals surface area contributed by atoms with E-state index in [1.807, 2.05) is 13.8 Å². The van der Waals surface area contributed by atoms with Crippen molar-refractivity contribution >= 4 is 26.0 Å². The number of aromatic amines is 1. The molecule has 1 rings (SSSR count). The third kappa shape index (κ3) is 3.08. The molecule has 0 radical (unpaired) electrons. The molecule has 1 unspecified atom stereocenters. The highest BCUT2D eigenvalue weighted by Gasteiger charge is 2.31. The van der Waals surface area contributed by atoms with E-state index in [4.69, 9.17) is 0 Å². The van der Waals surface area contributed by atoms with Crippen molar-refractivity contribution in [3.05, 3.63) is 11.4 Å². The molecule has 0 aliphatic rings. The van der Waals surface area contributed by atoms with Crippen LogP contribution in [0.15, 0.2) is 4.90 Å². The van der Waals surface area contributed by atoms with Crippen molar-refractivity contribution in [1.82, 2.24) is 14.9 Å². The topological polar surface area (TPSA) is 74.8 Å². The number of nitrogens with one attached hydrogen (secondary N) is 2. The minimum absolute atomic E-state index is 0.248. The Morgan fingerprint density at radius 2 is 2.06 bits per heavy atom. The molecule has 17 heavy (non-hydrogen) atoms. The molecule has 1 atom stereocenters. The van der Waals surface area contributed by atoms with Crippen LogP contribution in [0.5, 0.6) is 0 Å². The van der Waals surface area contributed by atoms with E-state index in [0.29, 0.717) is 23.1 Å². The number of alkyl halides is 1. The van der Waals surface area contributed by atoms with Crippen molar-refractivity contribution in [3.8, 4) is 0 Å². The number of sulfonamides is 1. The maximum Gasteiger partial charge on any atom is 0.244 e. The van der Waals surface area contributed by atoms with Crippen molar-refractivity contribution in [2.75, 3.05) is 5.33 Å². The largest absolute Gasteiger partial charge is 0.281 e. The number of H-pyrrole nitrogens is 1. The van der Waals surface area contributed by atoms with Crippen LogP contribution >= 0.6 is 15.9 Å². The predicted molar refractivity (Wildman–Crippen MR) is 70.9 cm³/mol. The lowest BCUT2D eigenvalue weighted by Crippen LogP contribution is -2.47. The van der Waals surface area contributed by atoms with Gasteiger partial charge in [-0.3, -0.25) is 5.10 Å². The Labute approximate surface area is 111 Å². The summed E-state index contributed by atoms with van der Waals surface area (Å²) < 4.78 is 27.3. The van der Waals surface area contributed by atoms with E-state index < -0.39 is 15.6 Å². The fraction of sp³-hybridized carbons (Fsp3) is 0.700. The summed E-state index contributed by atoms with van der Waals surface area (Å²) >= 11 is 3.33. The maximum absolute atomic E-state index is 12.3. The molecule has 98 valence electrons. The van der Waals surface area contributed by atoms with E-state index in [-0.39, 0.29) is 4.90 Å². The summed E-state index contributed by atoms with van der Waals surface area (Å²) in [6.45, 7) is 7.18. The van der Waals surface area contributed by atoms with E-state index in [1.165, 1.54) is 0 Å². The summed E-state index contributed by atoms with van der Waals surface area (Å²) in [6, 6.07) is 0. The first-order chi connectivity index (χ1) is 7.75. The molecule has 0 saturated carbocycles. The molecule has 2 N–H and O–H groups in total.